The molecule has 0 N–H and O–H groups in total. The quantitative estimate of drug-likeness (QED) is 0.630. The van der Waals surface area contributed by atoms with Gasteiger partial charge >= 0.3 is 0 Å². The highest BCUT2D eigenvalue weighted by molar-refractivity contribution is 5.26. The minimum atomic E-state index is 1.07. The van der Waals surface area contributed by atoms with E-state index in [0.29, 0.717) is 0 Å². The van der Waals surface area contributed by atoms with Crippen LogP contribution >= 0.6 is 0 Å². The molecule has 0 aliphatic heterocycles. The summed E-state index contributed by atoms with van der Waals surface area (Å²) in [5.74, 6) is 0. The van der Waals surface area contributed by atoms with Gasteiger partial charge in [-0.25, -0.2) is 0 Å². The van der Waals surface area contributed by atoms with Gasteiger partial charge in [0.05, 0.1) is 0 Å². The molecule has 0 saturated heterocycles. The largest absolute Gasteiger partial charge is 0.0877 e. The number of hydrogen-bond donors (Lipinski definition) is 0. The van der Waals surface area contributed by atoms with E-state index in [9.17, 15) is 0 Å². The molecule has 0 aliphatic rings. The number of hydrogen-bond acceptors (Lipinski definition) is 0. The van der Waals surface area contributed by atoms with Crippen molar-refractivity contribution >= 4 is 0 Å². The van der Waals surface area contributed by atoms with Gasteiger partial charge in [-0.1, -0.05) is 60.6 Å². The van der Waals surface area contributed by atoms with E-state index in [4.69, 9.17) is 0 Å². The summed E-state index contributed by atoms with van der Waals surface area (Å²) in [4.78, 5) is 0. The lowest BCUT2D eigenvalue weighted by molar-refractivity contribution is 1.00. The molecule has 0 bridgehead atoms. The van der Waals surface area contributed by atoms with E-state index in [-0.39, 0.29) is 0 Å². The molecule has 0 amide bonds. The topological polar surface area (TPSA) is 0 Å². The third kappa shape index (κ3) is 4.16. The molecule has 0 aromatic heterocycles. The lowest BCUT2D eigenvalue weighted by atomic mass is 10.0. The molecule has 1 rings (SSSR count). The Hall–Kier alpha value is -1.30. The molecule has 0 unspecified atom stereocenters. The van der Waals surface area contributed by atoms with Gasteiger partial charge < -0.3 is 0 Å². The molecular weight excluding hydrogens is 180 g/mol. The Morgan fingerprint density at radius 1 is 1.20 bits per heavy atom. The minimum Gasteiger partial charge on any atom is -0.0877 e. The van der Waals surface area contributed by atoms with Crippen LogP contribution in [-0.4, -0.2) is 0 Å². The fourth-order valence-corrected chi connectivity index (χ4v) is 1.50. The first-order valence-electron chi connectivity index (χ1n) is 5.62. The van der Waals surface area contributed by atoms with Crippen molar-refractivity contribution in [3.05, 3.63) is 59.2 Å². The van der Waals surface area contributed by atoms with Gasteiger partial charge in [-0.05, 0) is 32.3 Å². The van der Waals surface area contributed by atoms with Gasteiger partial charge in [0.1, 0.15) is 0 Å². The summed E-state index contributed by atoms with van der Waals surface area (Å²) in [6.45, 7) is 6.39. The van der Waals surface area contributed by atoms with Crippen molar-refractivity contribution in [2.24, 2.45) is 0 Å². The first-order valence-corrected chi connectivity index (χ1v) is 5.62. The van der Waals surface area contributed by atoms with Gasteiger partial charge in [-0.3, -0.25) is 0 Å². The summed E-state index contributed by atoms with van der Waals surface area (Å²) in [5.41, 5.74) is 4.21. The first kappa shape index (κ1) is 11.8. The second kappa shape index (κ2) is 6.23. The minimum absolute atomic E-state index is 1.07. The summed E-state index contributed by atoms with van der Waals surface area (Å²) in [6.07, 6.45) is 8.61. The molecule has 0 spiro atoms. The lowest BCUT2D eigenvalue weighted by Gasteiger charge is -2.04. The molecule has 0 aliphatic carbocycles. The van der Waals surface area contributed by atoms with E-state index in [1.54, 1.807) is 0 Å². The Morgan fingerprint density at radius 2 is 1.87 bits per heavy atom. The number of aryl methyl sites for hydroxylation is 1. The Kier molecular flexibility index (Phi) is 4.89. The van der Waals surface area contributed by atoms with E-state index < -0.39 is 0 Å². The zero-order valence-electron chi connectivity index (χ0n) is 9.96. The molecule has 0 radical (unpaired) electrons. The van der Waals surface area contributed by atoms with E-state index in [1.807, 2.05) is 0 Å². The van der Waals surface area contributed by atoms with Gasteiger partial charge in [0.25, 0.3) is 0 Å². The van der Waals surface area contributed by atoms with Crippen LogP contribution in [0.3, 0.4) is 0 Å². The Bertz CT molecular complexity index is 339. The predicted molar refractivity (Wildman–Crippen MR) is 68.1 cm³/mol. The van der Waals surface area contributed by atoms with Crippen LogP contribution in [0.25, 0.3) is 0 Å². The van der Waals surface area contributed by atoms with Crippen molar-refractivity contribution in [1.82, 2.24) is 0 Å². The third-order valence-electron chi connectivity index (χ3n) is 2.53. The SMILES string of the molecule is C/C=C\C=C(\CC)Cc1ccc(C)cc1. The van der Waals surface area contributed by atoms with Gasteiger partial charge in [0.15, 0.2) is 0 Å². The Morgan fingerprint density at radius 3 is 2.40 bits per heavy atom. The Labute approximate surface area is 93.3 Å². The zero-order valence-corrected chi connectivity index (χ0v) is 9.96. The van der Waals surface area contributed by atoms with Crippen LogP contribution in [0.1, 0.15) is 31.4 Å². The molecule has 0 fully saturated rings. The van der Waals surface area contributed by atoms with Crippen LogP contribution in [-0.2, 0) is 6.42 Å². The van der Waals surface area contributed by atoms with Crippen LogP contribution in [0.15, 0.2) is 48.1 Å². The van der Waals surface area contributed by atoms with E-state index in [0.717, 1.165) is 12.8 Å². The maximum Gasteiger partial charge on any atom is -0.00641 e. The van der Waals surface area contributed by atoms with Crippen LogP contribution in [0, 0.1) is 6.92 Å². The highest BCUT2D eigenvalue weighted by atomic mass is 14.0. The number of benzene rings is 1. The van der Waals surface area contributed by atoms with Crippen LogP contribution < -0.4 is 0 Å². The average molecular weight is 200 g/mol. The van der Waals surface area contributed by atoms with Crippen LogP contribution in [0.2, 0.25) is 0 Å². The van der Waals surface area contributed by atoms with Crippen LogP contribution in [0.5, 0.6) is 0 Å². The van der Waals surface area contributed by atoms with E-state index in [2.05, 4.69) is 63.3 Å². The molecule has 0 atom stereocenters. The van der Waals surface area contributed by atoms with Gasteiger partial charge in [-0.2, -0.15) is 0 Å². The standard InChI is InChI=1S/C15H20/c1-4-6-7-14(5-2)12-15-10-8-13(3)9-11-15/h4,6-11H,5,12H2,1-3H3/b6-4-,14-7-. The van der Waals surface area contributed by atoms with Crippen molar-refractivity contribution in [2.75, 3.05) is 0 Å². The fraction of sp³-hybridized carbons (Fsp3) is 0.333. The molecule has 0 saturated carbocycles. The molecule has 80 valence electrons. The first-order chi connectivity index (χ1) is 7.26. The predicted octanol–water partition coefficient (Wildman–Crippen LogP) is 4.45. The van der Waals surface area contributed by atoms with Gasteiger partial charge in [-0.15, -0.1) is 0 Å². The maximum absolute atomic E-state index is 2.22. The van der Waals surface area contributed by atoms with Crippen molar-refractivity contribution in [2.45, 2.75) is 33.6 Å². The zero-order chi connectivity index (χ0) is 11.1. The van der Waals surface area contributed by atoms with Crippen molar-refractivity contribution in [3.63, 3.8) is 0 Å². The van der Waals surface area contributed by atoms with Crippen molar-refractivity contribution in [1.29, 1.82) is 0 Å². The number of rotatable bonds is 4. The highest BCUT2D eigenvalue weighted by Crippen LogP contribution is 2.12. The van der Waals surface area contributed by atoms with E-state index in [1.165, 1.54) is 16.7 Å². The summed E-state index contributed by atoms with van der Waals surface area (Å²) in [7, 11) is 0. The monoisotopic (exact) mass is 200 g/mol. The van der Waals surface area contributed by atoms with Crippen molar-refractivity contribution in [3.8, 4) is 0 Å². The Balaban J connectivity index is 2.71. The third-order valence-corrected chi connectivity index (χ3v) is 2.53. The summed E-state index contributed by atoms with van der Waals surface area (Å²) in [6, 6.07) is 8.79. The smallest absolute Gasteiger partial charge is 0.00641 e. The summed E-state index contributed by atoms with van der Waals surface area (Å²) >= 11 is 0. The van der Waals surface area contributed by atoms with E-state index >= 15 is 0 Å². The second-order valence-corrected chi connectivity index (χ2v) is 3.87. The second-order valence-electron chi connectivity index (χ2n) is 3.87. The normalized spacial score (nSPS) is 12.3. The van der Waals surface area contributed by atoms with Crippen LogP contribution in [0.4, 0.5) is 0 Å². The lowest BCUT2D eigenvalue weighted by Crippen LogP contribution is -1.89. The molecule has 0 heteroatoms. The molecule has 1 aromatic carbocycles. The molecule has 1 aromatic rings. The van der Waals surface area contributed by atoms with Crippen molar-refractivity contribution < 1.29 is 0 Å². The highest BCUT2D eigenvalue weighted by Gasteiger charge is 1.96. The van der Waals surface area contributed by atoms with Gasteiger partial charge in [0.2, 0.25) is 0 Å². The number of allylic oxidation sites excluding steroid dienone is 4. The molecule has 0 nitrogen and oxygen atoms in total. The fourth-order valence-electron chi connectivity index (χ4n) is 1.50. The summed E-state index contributed by atoms with van der Waals surface area (Å²) in [5, 5.41) is 0. The maximum atomic E-state index is 2.22. The molecule has 0 heterocycles. The van der Waals surface area contributed by atoms with Gasteiger partial charge in [0, 0.05) is 0 Å². The average Bonchev–Trinajstić information content (AvgIpc) is 2.27. The molecule has 15 heavy (non-hydrogen) atoms. The molecular formula is C15H20. The summed E-state index contributed by atoms with van der Waals surface area (Å²) < 4.78 is 0.